The zero-order valence-electron chi connectivity index (χ0n) is 7.23. The molecule has 0 aromatic rings. The first-order chi connectivity index (χ1) is 5.22. The standard InChI is InChI=1S/C10H16O/c1-10-6-3-2-4-8(10)9(11)5-7-10/h8H,2-7H2,1H3. The number of carbonyl (C=O) groups excluding carboxylic acids is 1. The smallest absolute Gasteiger partial charge is 0.136 e. The van der Waals surface area contributed by atoms with Gasteiger partial charge < -0.3 is 0 Å². The number of ketones is 1. The second-order valence-electron chi connectivity index (χ2n) is 4.42. The molecule has 0 aromatic carbocycles. The first-order valence-corrected chi connectivity index (χ1v) is 4.75. The van der Waals surface area contributed by atoms with Crippen LogP contribution < -0.4 is 0 Å². The van der Waals surface area contributed by atoms with Crippen LogP contribution in [-0.4, -0.2) is 5.78 Å². The van der Waals surface area contributed by atoms with E-state index in [0.29, 0.717) is 17.1 Å². The molecule has 2 unspecified atom stereocenters. The van der Waals surface area contributed by atoms with Crippen molar-refractivity contribution in [2.45, 2.75) is 45.4 Å². The Hall–Kier alpha value is -0.330. The van der Waals surface area contributed by atoms with E-state index in [9.17, 15) is 4.79 Å². The molecule has 0 radical (unpaired) electrons. The summed E-state index contributed by atoms with van der Waals surface area (Å²) >= 11 is 0. The number of hydrogen-bond acceptors (Lipinski definition) is 1. The van der Waals surface area contributed by atoms with Gasteiger partial charge in [0, 0.05) is 12.3 Å². The summed E-state index contributed by atoms with van der Waals surface area (Å²) in [5.74, 6) is 0.989. The SMILES string of the molecule is CC12CCCCC1C(=O)CC2. The van der Waals surface area contributed by atoms with E-state index in [1.807, 2.05) is 0 Å². The fraction of sp³-hybridized carbons (Fsp3) is 0.900. The molecule has 0 aromatic heterocycles. The van der Waals surface area contributed by atoms with Gasteiger partial charge in [-0.05, 0) is 24.7 Å². The normalized spacial score (nSPS) is 44.1. The summed E-state index contributed by atoms with van der Waals surface area (Å²) in [6, 6.07) is 0. The van der Waals surface area contributed by atoms with Crippen molar-refractivity contribution in [2.24, 2.45) is 11.3 Å². The van der Waals surface area contributed by atoms with Gasteiger partial charge in [0.1, 0.15) is 5.78 Å². The van der Waals surface area contributed by atoms with Crippen LogP contribution in [0, 0.1) is 11.3 Å². The summed E-state index contributed by atoms with van der Waals surface area (Å²) in [6.07, 6.45) is 7.13. The number of hydrogen-bond donors (Lipinski definition) is 0. The summed E-state index contributed by atoms with van der Waals surface area (Å²) in [7, 11) is 0. The Morgan fingerprint density at radius 2 is 2.18 bits per heavy atom. The maximum Gasteiger partial charge on any atom is 0.136 e. The molecule has 0 aliphatic heterocycles. The third-order valence-electron chi connectivity index (χ3n) is 3.66. The van der Waals surface area contributed by atoms with Crippen molar-refractivity contribution in [1.29, 1.82) is 0 Å². The van der Waals surface area contributed by atoms with Gasteiger partial charge in [0.25, 0.3) is 0 Å². The first-order valence-electron chi connectivity index (χ1n) is 4.75. The summed E-state index contributed by atoms with van der Waals surface area (Å²) < 4.78 is 0. The molecule has 2 saturated carbocycles. The zero-order valence-corrected chi connectivity index (χ0v) is 7.23. The summed E-state index contributed by atoms with van der Waals surface area (Å²) in [5, 5.41) is 0. The van der Waals surface area contributed by atoms with Crippen LogP contribution in [-0.2, 0) is 4.79 Å². The van der Waals surface area contributed by atoms with Gasteiger partial charge in [-0.3, -0.25) is 4.79 Å². The minimum Gasteiger partial charge on any atom is -0.299 e. The van der Waals surface area contributed by atoms with E-state index in [4.69, 9.17) is 0 Å². The minimum atomic E-state index is 0.412. The largest absolute Gasteiger partial charge is 0.299 e. The number of carbonyl (C=O) groups is 1. The van der Waals surface area contributed by atoms with Gasteiger partial charge >= 0.3 is 0 Å². The van der Waals surface area contributed by atoms with E-state index in [1.165, 1.54) is 25.7 Å². The summed E-state index contributed by atoms with van der Waals surface area (Å²) in [4.78, 5) is 11.4. The highest BCUT2D eigenvalue weighted by molar-refractivity contribution is 5.84. The topological polar surface area (TPSA) is 17.1 Å². The van der Waals surface area contributed by atoms with Crippen molar-refractivity contribution in [1.82, 2.24) is 0 Å². The van der Waals surface area contributed by atoms with E-state index >= 15 is 0 Å². The Kier molecular flexibility index (Phi) is 1.55. The third kappa shape index (κ3) is 1.02. The van der Waals surface area contributed by atoms with Crippen molar-refractivity contribution in [3.63, 3.8) is 0 Å². The Bertz CT molecular complexity index is 185. The molecule has 2 atom stereocenters. The predicted octanol–water partition coefficient (Wildman–Crippen LogP) is 2.55. The second-order valence-corrected chi connectivity index (χ2v) is 4.42. The average molecular weight is 152 g/mol. The molecule has 0 bridgehead atoms. The highest BCUT2D eigenvalue weighted by Gasteiger charge is 2.45. The van der Waals surface area contributed by atoms with Crippen LogP contribution in [0.4, 0.5) is 0 Å². The number of fused-ring (bicyclic) bond motifs is 1. The quantitative estimate of drug-likeness (QED) is 0.521. The molecule has 1 nitrogen and oxygen atoms in total. The minimum absolute atomic E-state index is 0.412. The molecule has 2 fully saturated rings. The molecule has 2 rings (SSSR count). The Morgan fingerprint density at radius 1 is 1.36 bits per heavy atom. The zero-order chi connectivity index (χ0) is 7.90. The Balaban J connectivity index is 2.21. The lowest BCUT2D eigenvalue weighted by atomic mass is 9.69. The van der Waals surface area contributed by atoms with Crippen molar-refractivity contribution in [3.8, 4) is 0 Å². The van der Waals surface area contributed by atoms with Gasteiger partial charge in [0.15, 0.2) is 0 Å². The van der Waals surface area contributed by atoms with Crippen molar-refractivity contribution < 1.29 is 4.79 Å². The number of rotatable bonds is 0. The van der Waals surface area contributed by atoms with Crippen LogP contribution in [0.15, 0.2) is 0 Å². The van der Waals surface area contributed by atoms with Gasteiger partial charge in [-0.25, -0.2) is 0 Å². The maximum atomic E-state index is 11.4. The number of Topliss-reactive ketones (excluding diaryl/α,β-unsaturated/α-hetero) is 1. The van der Waals surface area contributed by atoms with Gasteiger partial charge in [-0.1, -0.05) is 19.8 Å². The van der Waals surface area contributed by atoms with Crippen LogP contribution >= 0.6 is 0 Å². The monoisotopic (exact) mass is 152 g/mol. The van der Waals surface area contributed by atoms with Gasteiger partial charge in [0.05, 0.1) is 0 Å². The fourth-order valence-electron chi connectivity index (χ4n) is 2.83. The second kappa shape index (κ2) is 2.33. The molecule has 2 aliphatic carbocycles. The lowest BCUT2D eigenvalue weighted by molar-refractivity contribution is -0.123. The van der Waals surface area contributed by atoms with E-state index in [-0.39, 0.29) is 0 Å². The van der Waals surface area contributed by atoms with Crippen LogP contribution in [0.5, 0.6) is 0 Å². The van der Waals surface area contributed by atoms with Crippen LogP contribution in [0.2, 0.25) is 0 Å². The Labute approximate surface area is 68.2 Å². The van der Waals surface area contributed by atoms with Crippen LogP contribution in [0.25, 0.3) is 0 Å². The van der Waals surface area contributed by atoms with E-state index < -0.39 is 0 Å². The average Bonchev–Trinajstić information content (AvgIpc) is 2.29. The third-order valence-corrected chi connectivity index (χ3v) is 3.66. The molecule has 0 amide bonds. The van der Waals surface area contributed by atoms with Crippen LogP contribution in [0.1, 0.15) is 45.4 Å². The Morgan fingerprint density at radius 3 is 2.91 bits per heavy atom. The molecule has 0 saturated heterocycles. The predicted molar refractivity (Wildman–Crippen MR) is 44.3 cm³/mol. The maximum absolute atomic E-state index is 11.4. The molecular formula is C10H16O. The van der Waals surface area contributed by atoms with Crippen molar-refractivity contribution >= 4 is 5.78 Å². The molecule has 62 valence electrons. The molecule has 11 heavy (non-hydrogen) atoms. The van der Waals surface area contributed by atoms with E-state index in [1.54, 1.807) is 0 Å². The molecule has 0 N–H and O–H groups in total. The lowest BCUT2D eigenvalue weighted by Gasteiger charge is -2.34. The first kappa shape index (κ1) is 7.33. The fourth-order valence-corrected chi connectivity index (χ4v) is 2.83. The summed E-state index contributed by atoms with van der Waals surface area (Å²) in [6.45, 7) is 2.31. The van der Waals surface area contributed by atoms with Gasteiger partial charge in [-0.2, -0.15) is 0 Å². The highest BCUT2D eigenvalue weighted by atomic mass is 16.1. The van der Waals surface area contributed by atoms with Gasteiger partial charge in [-0.15, -0.1) is 0 Å². The highest BCUT2D eigenvalue weighted by Crippen LogP contribution is 2.49. The molecule has 2 aliphatic rings. The van der Waals surface area contributed by atoms with E-state index in [2.05, 4.69) is 6.92 Å². The summed E-state index contributed by atoms with van der Waals surface area (Å²) in [5.41, 5.74) is 0.412. The van der Waals surface area contributed by atoms with Crippen LogP contribution in [0.3, 0.4) is 0 Å². The molecule has 0 spiro atoms. The molecule has 0 heterocycles. The molecule has 1 heteroatoms. The van der Waals surface area contributed by atoms with Crippen molar-refractivity contribution in [3.05, 3.63) is 0 Å². The molecular weight excluding hydrogens is 136 g/mol. The van der Waals surface area contributed by atoms with E-state index in [0.717, 1.165) is 12.8 Å². The van der Waals surface area contributed by atoms with Gasteiger partial charge in [0.2, 0.25) is 0 Å². The van der Waals surface area contributed by atoms with Crippen molar-refractivity contribution in [2.75, 3.05) is 0 Å². The lowest BCUT2D eigenvalue weighted by Crippen LogP contribution is -2.28.